The fourth-order valence-corrected chi connectivity index (χ4v) is 4.33. The third-order valence-corrected chi connectivity index (χ3v) is 6.54. The monoisotopic (exact) mass is 414 g/mol. The van der Waals surface area contributed by atoms with Crippen molar-refractivity contribution >= 4 is 10.1 Å². The van der Waals surface area contributed by atoms with E-state index >= 15 is 0 Å². The minimum atomic E-state index is -4.25. The van der Waals surface area contributed by atoms with E-state index in [-0.39, 0.29) is 29.6 Å². The second-order valence-corrected chi connectivity index (χ2v) is 9.46. The zero-order valence-corrected chi connectivity index (χ0v) is 21.1. The topological polar surface area (TPSA) is 77.4 Å². The van der Waals surface area contributed by atoms with Gasteiger partial charge in [-0.15, -0.1) is 0 Å². The van der Waals surface area contributed by atoms with Gasteiger partial charge in [-0.3, -0.25) is 0 Å². The third-order valence-electron chi connectivity index (χ3n) is 5.25. The van der Waals surface area contributed by atoms with Crippen molar-refractivity contribution in [3.63, 3.8) is 0 Å². The molecule has 4 nitrogen and oxygen atoms in total. The summed E-state index contributed by atoms with van der Waals surface area (Å²) in [4.78, 5) is 0. The van der Waals surface area contributed by atoms with Gasteiger partial charge in [0, 0.05) is 5.25 Å². The van der Waals surface area contributed by atoms with Gasteiger partial charge >= 0.3 is 29.6 Å². The summed E-state index contributed by atoms with van der Waals surface area (Å²) in [5.41, 5.74) is 0. The standard InChI is InChI=1S/C21H44O4S.Na/c1-3-5-7-9-10-11-13-14-16-20(22)18-19-21(26(23,24)25)17-15-12-8-6-4-2;/h20-22H,3-19H2,1-2H3,(H,23,24,25);/q;+1/p-1. The van der Waals surface area contributed by atoms with Crippen LogP contribution in [0.3, 0.4) is 0 Å². The number of aliphatic hydroxyl groups excluding tert-OH is 1. The van der Waals surface area contributed by atoms with Crippen LogP contribution >= 0.6 is 0 Å². The van der Waals surface area contributed by atoms with Crippen LogP contribution in [0.4, 0.5) is 0 Å². The Labute approximate surface area is 191 Å². The van der Waals surface area contributed by atoms with Crippen molar-refractivity contribution in [2.24, 2.45) is 0 Å². The Balaban J connectivity index is 0. The zero-order valence-electron chi connectivity index (χ0n) is 18.3. The summed E-state index contributed by atoms with van der Waals surface area (Å²) < 4.78 is 34.3. The molecule has 158 valence electrons. The molecule has 0 saturated carbocycles. The smallest absolute Gasteiger partial charge is 0.748 e. The SMILES string of the molecule is CCCCCCCCCCC(O)CCC(CCCCCCC)S(=O)(=O)[O-].[Na+]. The normalized spacial score (nSPS) is 13.9. The van der Waals surface area contributed by atoms with Crippen LogP contribution in [0.1, 0.15) is 123 Å². The van der Waals surface area contributed by atoms with Crippen molar-refractivity contribution in [2.45, 2.75) is 134 Å². The average Bonchev–Trinajstić information content (AvgIpc) is 2.58. The minimum absolute atomic E-state index is 0. The minimum Gasteiger partial charge on any atom is -0.748 e. The Morgan fingerprint density at radius 2 is 1.07 bits per heavy atom. The Morgan fingerprint density at radius 3 is 1.52 bits per heavy atom. The van der Waals surface area contributed by atoms with Crippen LogP contribution in [-0.4, -0.2) is 29.4 Å². The first-order chi connectivity index (χ1) is 12.4. The van der Waals surface area contributed by atoms with Gasteiger partial charge in [-0.25, -0.2) is 8.42 Å². The zero-order chi connectivity index (χ0) is 19.7. The van der Waals surface area contributed by atoms with Crippen molar-refractivity contribution in [3.05, 3.63) is 0 Å². The van der Waals surface area contributed by atoms with E-state index in [1.807, 2.05) is 0 Å². The van der Waals surface area contributed by atoms with Gasteiger partial charge < -0.3 is 9.66 Å². The molecule has 0 aliphatic rings. The van der Waals surface area contributed by atoms with Crippen LogP contribution < -0.4 is 29.6 Å². The molecule has 0 bridgehead atoms. The summed E-state index contributed by atoms with van der Waals surface area (Å²) in [7, 11) is -4.25. The predicted octanol–water partition coefficient (Wildman–Crippen LogP) is 2.94. The molecule has 0 rings (SSSR count). The van der Waals surface area contributed by atoms with Crippen molar-refractivity contribution < 1.29 is 47.6 Å². The molecule has 0 radical (unpaired) electrons. The number of hydrogen-bond donors (Lipinski definition) is 1. The van der Waals surface area contributed by atoms with E-state index in [2.05, 4.69) is 13.8 Å². The quantitative estimate of drug-likeness (QED) is 0.200. The predicted molar refractivity (Wildman–Crippen MR) is 109 cm³/mol. The molecule has 2 atom stereocenters. The largest absolute Gasteiger partial charge is 1.00 e. The van der Waals surface area contributed by atoms with Gasteiger partial charge in [0.1, 0.15) is 0 Å². The van der Waals surface area contributed by atoms with Gasteiger partial charge in [-0.2, -0.15) is 0 Å². The Morgan fingerprint density at radius 1 is 0.667 bits per heavy atom. The summed E-state index contributed by atoms with van der Waals surface area (Å²) in [6.07, 6.45) is 16.4. The maximum absolute atomic E-state index is 11.4. The van der Waals surface area contributed by atoms with Gasteiger partial charge in [0.05, 0.1) is 16.2 Å². The molecule has 0 aromatic rings. The molecule has 0 heterocycles. The van der Waals surface area contributed by atoms with Crippen molar-refractivity contribution in [2.75, 3.05) is 0 Å². The van der Waals surface area contributed by atoms with Gasteiger partial charge in [0.15, 0.2) is 0 Å². The van der Waals surface area contributed by atoms with E-state index in [0.29, 0.717) is 19.3 Å². The second-order valence-electron chi connectivity index (χ2n) is 7.81. The van der Waals surface area contributed by atoms with E-state index in [0.717, 1.165) is 51.4 Å². The maximum Gasteiger partial charge on any atom is 1.00 e. The Kier molecular flexibility index (Phi) is 22.4. The van der Waals surface area contributed by atoms with Crippen molar-refractivity contribution in [3.8, 4) is 0 Å². The molecule has 0 aliphatic heterocycles. The van der Waals surface area contributed by atoms with E-state index in [1.165, 1.54) is 38.5 Å². The number of hydrogen-bond acceptors (Lipinski definition) is 4. The fourth-order valence-electron chi connectivity index (χ4n) is 3.45. The third kappa shape index (κ3) is 19.9. The van der Waals surface area contributed by atoms with Crippen LogP contribution in [0.25, 0.3) is 0 Å². The molecule has 0 amide bonds. The number of unbranched alkanes of at least 4 members (excludes halogenated alkanes) is 11. The van der Waals surface area contributed by atoms with E-state index in [4.69, 9.17) is 0 Å². The summed E-state index contributed by atoms with van der Waals surface area (Å²) in [6.45, 7) is 4.36. The van der Waals surface area contributed by atoms with E-state index in [1.54, 1.807) is 0 Å². The first kappa shape index (κ1) is 30.1. The summed E-state index contributed by atoms with van der Waals surface area (Å²) in [5.74, 6) is 0. The molecule has 2 unspecified atom stereocenters. The van der Waals surface area contributed by atoms with Gasteiger partial charge in [0.2, 0.25) is 0 Å². The fraction of sp³-hybridized carbons (Fsp3) is 1.00. The number of aliphatic hydroxyl groups is 1. The molecule has 0 aliphatic carbocycles. The van der Waals surface area contributed by atoms with Crippen LogP contribution in [0.15, 0.2) is 0 Å². The molecule has 1 N–H and O–H groups in total. The second kappa shape index (κ2) is 20.2. The molecule has 0 spiro atoms. The molecular weight excluding hydrogens is 371 g/mol. The van der Waals surface area contributed by atoms with Crippen molar-refractivity contribution in [1.82, 2.24) is 0 Å². The van der Waals surface area contributed by atoms with Crippen molar-refractivity contribution in [1.29, 1.82) is 0 Å². The molecule has 0 saturated heterocycles. The molecule has 0 fully saturated rings. The van der Waals surface area contributed by atoms with E-state index in [9.17, 15) is 18.1 Å². The van der Waals surface area contributed by atoms with Gasteiger partial charge in [0.25, 0.3) is 0 Å². The number of rotatable bonds is 19. The molecule has 0 aromatic carbocycles. The average molecular weight is 415 g/mol. The van der Waals surface area contributed by atoms with Crippen LogP contribution in [0, 0.1) is 0 Å². The van der Waals surface area contributed by atoms with Crippen LogP contribution in [0.5, 0.6) is 0 Å². The summed E-state index contributed by atoms with van der Waals surface area (Å²) in [6, 6.07) is 0. The first-order valence-electron chi connectivity index (χ1n) is 11.0. The van der Waals surface area contributed by atoms with Crippen LogP contribution in [-0.2, 0) is 10.1 Å². The van der Waals surface area contributed by atoms with Gasteiger partial charge in [-0.05, 0) is 25.7 Å². The molecule has 27 heavy (non-hydrogen) atoms. The molecule has 6 heteroatoms. The first-order valence-corrected chi connectivity index (χ1v) is 12.5. The van der Waals surface area contributed by atoms with E-state index < -0.39 is 21.5 Å². The van der Waals surface area contributed by atoms with Gasteiger partial charge in [-0.1, -0.05) is 97.3 Å². The maximum atomic E-state index is 11.4. The molecule has 0 aromatic heterocycles. The summed E-state index contributed by atoms with van der Waals surface area (Å²) >= 11 is 0. The van der Waals surface area contributed by atoms with Crippen LogP contribution in [0.2, 0.25) is 0 Å². The summed E-state index contributed by atoms with van der Waals surface area (Å²) in [5, 5.41) is 9.26. The molecular formula is C21H43NaO4S. The Hall–Kier alpha value is 0.870. The Bertz CT molecular complexity index is 401.